The van der Waals surface area contributed by atoms with E-state index in [2.05, 4.69) is 10.9 Å². The summed E-state index contributed by atoms with van der Waals surface area (Å²) in [7, 11) is 1.56. The molecule has 1 atom stereocenters. The Labute approximate surface area is 144 Å². The third-order valence-electron chi connectivity index (χ3n) is 3.36. The highest BCUT2D eigenvalue weighted by Gasteiger charge is 2.17. The number of amides is 2. The molecule has 7 heteroatoms. The first kappa shape index (κ1) is 18.3. The summed E-state index contributed by atoms with van der Waals surface area (Å²) in [6, 6.07) is 12.8. The van der Waals surface area contributed by atoms with Crippen molar-refractivity contribution in [3.05, 3.63) is 59.9 Å². The van der Waals surface area contributed by atoms with Crippen LogP contribution in [0.5, 0.6) is 11.5 Å². The van der Waals surface area contributed by atoms with E-state index in [-0.39, 0.29) is 12.2 Å². The molecule has 0 aliphatic carbocycles. The summed E-state index contributed by atoms with van der Waals surface area (Å²) in [4.78, 5) is 23.8. The van der Waals surface area contributed by atoms with Crippen molar-refractivity contribution >= 4 is 11.8 Å². The summed E-state index contributed by atoms with van der Waals surface area (Å²) >= 11 is 0. The number of methoxy groups -OCH3 is 1. The first-order valence-electron chi connectivity index (χ1n) is 7.62. The number of hydrazine groups is 1. The van der Waals surface area contributed by atoms with Gasteiger partial charge in [-0.2, -0.15) is 0 Å². The lowest BCUT2D eigenvalue weighted by Crippen LogP contribution is -2.47. The molecule has 0 radical (unpaired) electrons. The zero-order chi connectivity index (χ0) is 18.2. The Bertz CT molecular complexity index is 734. The Hall–Kier alpha value is -3.09. The van der Waals surface area contributed by atoms with Crippen LogP contribution in [-0.2, 0) is 16.0 Å². The van der Waals surface area contributed by atoms with Crippen LogP contribution in [0.4, 0.5) is 4.39 Å². The van der Waals surface area contributed by atoms with Crippen molar-refractivity contribution in [1.29, 1.82) is 0 Å². The van der Waals surface area contributed by atoms with Gasteiger partial charge >= 0.3 is 0 Å². The van der Waals surface area contributed by atoms with Gasteiger partial charge in [-0.3, -0.25) is 20.4 Å². The van der Waals surface area contributed by atoms with E-state index in [1.165, 1.54) is 25.1 Å². The number of carbonyl (C=O) groups excluding carboxylic acids is 2. The lowest BCUT2D eigenvalue weighted by Gasteiger charge is -2.15. The van der Waals surface area contributed by atoms with Crippen LogP contribution in [0.2, 0.25) is 0 Å². The average Bonchev–Trinajstić information content (AvgIpc) is 2.62. The number of hydrogen-bond acceptors (Lipinski definition) is 4. The van der Waals surface area contributed by atoms with E-state index in [4.69, 9.17) is 9.47 Å². The minimum atomic E-state index is -0.974. The van der Waals surface area contributed by atoms with E-state index in [1.807, 2.05) is 0 Å². The minimum absolute atomic E-state index is 0.0327. The first-order chi connectivity index (χ1) is 12.0. The Kier molecular flexibility index (Phi) is 6.33. The quantitative estimate of drug-likeness (QED) is 0.785. The molecule has 0 aliphatic rings. The standard InChI is InChI=1S/C18H19FN2O4/c1-12(25-16-6-4-3-5-15(16)19)18(23)21-20-17(22)11-13-7-9-14(24-2)10-8-13/h3-10,12H,11H2,1-2H3,(H,20,22)(H,21,23)/t12-/m0/s1. The molecule has 0 aliphatic heterocycles. The van der Waals surface area contributed by atoms with Crippen LogP contribution in [0.15, 0.2) is 48.5 Å². The number of halogens is 1. The van der Waals surface area contributed by atoms with Gasteiger partial charge in [-0.25, -0.2) is 4.39 Å². The van der Waals surface area contributed by atoms with E-state index in [1.54, 1.807) is 37.4 Å². The maximum Gasteiger partial charge on any atom is 0.279 e. The second kappa shape index (κ2) is 8.68. The Morgan fingerprint density at radius 3 is 2.40 bits per heavy atom. The van der Waals surface area contributed by atoms with Gasteiger partial charge in [0, 0.05) is 0 Å². The van der Waals surface area contributed by atoms with E-state index >= 15 is 0 Å². The SMILES string of the molecule is COc1ccc(CC(=O)NNC(=O)[C@H](C)Oc2ccccc2F)cc1. The molecule has 0 spiro atoms. The third kappa shape index (κ3) is 5.49. The van der Waals surface area contributed by atoms with E-state index in [0.29, 0.717) is 5.75 Å². The van der Waals surface area contributed by atoms with Crippen molar-refractivity contribution in [2.75, 3.05) is 7.11 Å². The number of hydrogen-bond donors (Lipinski definition) is 2. The minimum Gasteiger partial charge on any atom is -0.497 e. The van der Waals surface area contributed by atoms with Crippen LogP contribution < -0.4 is 20.3 Å². The number of para-hydroxylation sites is 1. The van der Waals surface area contributed by atoms with Crippen molar-refractivity contribution < 1.29 is 23.5 Å². The van der Waals surface area contributed by atoms with Gasteiger partial charge in [0.05, 0.1) is 13.5 Å². The molecular weight excluding hydrogens is 327 g/mol. The molecule has 0 bridgehead atoms. The van der Waals surface area contributed by atoms with Crippen LogP contribution in [0.3, 0.4) is 0 Å². The van der Waals surface area contributed by atoms with Crippen LogP contribution in [0.25, 0.3) is 0 Å². The number of benzene rings is 2. The topological polar surface area (TPSA) is 76.7 Å². The second-order valence-corrected chi connectivity index (χ2v) is 5.25. The van der Waals surface area contributed by atoms with Crippen LogP contribution in [0, 0.1) is 5.82 Å². The maximum absolute atomic E-state index is 13.5. The third-order valence-corrected chi connectivity index (χ3v) is 3.36. The van der Waals surface area contributed by atoms with Crippen LogP contribution in [0.1, 0.15) is 12.5 Å². The molecule has 2 aromatic carbocycles. The summed E-state index contributed by atoms with van der Waals surface area (Å²) in [5, 5.41) is 0. The Balaban J connectivity index is 1.80. The Morgan fingerprint density at radius 2 is 1.76 bits per heavy atom. The molecule has 2 amide bonds. The highest BCUT2D eigenvalue weighted by Crippen LogP contribution is 2.17. The maximum atomic E-state index is 13.5. The highest BCUT2D eigenvalue weighted by molar-refractivity contribution is 5.85. The molecule has 0 saturated heterocycles. The molecule has 2 rings (SSSR count). The van der Waals surface area contributed by atoms with Crippen LogP contribution >= 0.6 is 0 Å². The van der Waals surface area contributed by atoms with Crippen molar-refractivity contribution in [2.24, 2.45) is 0 Å². The molecule has 6 nitrogen and oxygen atoms in total. The zero-order valence-electron chi connectivity index (χ0n) is 13.9. The van der Waals surface area contributed by atoms with Crippen molar-refractivity contribution in [3.63, 3.8) is 0 Å². The molecule has 2 aromatic rings. The van der Waals surface area contributed by atoms with Gasteiger partial charge in [-0.1, -0.05) is 24.3 Å². The number of ether oxygens (including phenoxy) is 2. The molecule has 132 valence electrons. The fraction of sp³-hybridized carbons (Fsp3) is 0.222. The molecule has 2 N–H and O–H groups in total. The second-order valence-electron chi connectivity index (χ2n) is 5.25. The Morgan fingerprint density at radius 1 is 1.08 bits per heavy atom. The summed E-state index contributed by atoms with van der Waals surface area (Å²) < 4.78 is 23.8. The van der Waals surface area contributed by atoms with Gasteiger partial charge in [0.15, 0.2) is 17.7 Å². The number of carbonyl (C=O) groups is 2. The van der Waals surface area contributed by atoms with Crippen molar-refractivity contribution in [3.8, 4) is 11.5 Å². The predicted octanol–water partition coefficient (Wildman–Crippen LogP) is 1.99. The zero-order valence-corrected chi connectivity index (χ0v) is 13.9. The molecule has 0 fully saturated rings. The molecular formula is C18H19FN2O4. The summed E-state index contributed by atoms with van der Waals surface area (Å²) in [5.41, 5.74) is 5.32. The van der Waals surface area contributed by atoms with Crippen molar-refractivity contribution in [1.82, 2.24) is 10.9 Å². The van der Waals surface area contributed by atoms with Gasteiger partial charge in [-0.05, 0) is 36.8 Å². The fourth-order valence-electron chi connectivity index (χ4n) is 1.99. The molecule has 0 heterocycles. The lowest BCUT2D eigenvalue weighted by atomic mass is 10.1. The summed E-state index contributed by atoms with van der Waals surface area (Å²) in [5.74, 6) is -0.889. The van der Waals surface area contributed by atoms with Crippen LogP contribution in [-0.4, -0.2) is 25.0 Å². The number of rotatable bonds is 6. The summed E-state index contributed by atoms with van der Waals surface area (Å²) in [6.07, 6.45) is -0.884. The molecule has 0 unspecified atom stereocenters. The van der Waals surface area contributed by atoms with Gasteiger partial charge in [0.1, 0.15) is 5.75 Å². The highest BCUT2D eigenvalue weighted by atomic mass is 19.1. The van der Waals surface area contributed by atoms with E-state index < -0.39 is 23.7 Å². The van der Waals surface area contributed by atoms with E-state index in [9.17, 15) is 14.0 Å². The monoisotopic (exact) mass is 346 g/mol. The van der Waals surface area contributed by atoms with Gasteiger partial charge in [0.2, 0.25) is 5.91 Å². The normalized spacial score (nSPS) is 11.3. The lowest BCUT2D eigenvalue weighted by molar-refractivity contribution is -0.132. The summed E-state index contributed by atoms with van der Waals surface area (Å²) in [6.45, 7) is 1.46. The first-order valence-corrected chi connectivity index (χ1v) is 7.62. The average molecular weight is 346 g/mol. The van der Waals surface area contributed by atoms with E-state index in [0.717, 1.165) is 5.56 Å². The van der Waals surface area contributed by atoms with Gasteiger partial charge in [-0.15, -0.1) is 0 Å². The molecule has 25 heavy (non-hydrogen) atoms. The van der Waals surface area contributed by atoms with Crippen molar-refractivity contribution in [2.45, 2.75) is 19.4 Å². The smallest absolute Gasteiger partial charge is 0.279 e. The number of nitrogens with one attached hydrogen (secondary N) is 2. The fourth-order valence-corrected chi connectivity index (χ4v) is 1.99. The predicted molar refractivity (Wildman–Crippen MR) is 89.5 cm³/mol. The van der Waals surface area contributed by atoms with Gasteiger partial charge < -0.3 is 9.47 Å². The molecule has 0 aromatic heterocycles. The van der Waals surface area contributed by atoms with Gasteiger partial charge in [0.25, 0.3) is 5.91 Å². The largest absolute Gasteiger partial charge is 0.497 e. The molecule has 0 saturated carbocycles.